The lowest BCUT2D eigenvalue weighted by Crippen LogP contribution is -2.51. The number of carboxylic acids is 1. The van der Waals surface area contributed by atoms with Crippen LogP contribution >= 0.6 is 0 Å². The summed E-state index contributed by atoms with van der Waals surface area (Å²) in [5, 5.41) is 9.15. The van der Waals surface area contributed by atoms with Gasteiger partial charge in [0.25, 0.3) is 0 Å². The molecule has 1 fully saturated rings. The molecule has 0 aliphatic carbocycles. The number of benzene rings is 1. The SMILES string of the molecule is O=C(O)C1CS(=O)(=O)CCN1Cc1ccc(OC(F)F)cc1. The zero-order valence-corrected chi connectivity index (χ0v) is 12.3. The van der Waals surface area contributed by atoms with E-state index in [1.165, 1.54) is 12.1 Å². The van der Waals surface area contributed by atoms with Crippen molar-refractivity contribution in [3.8, 4) is 5.75 Å². The Labute approximate surface area is 126 Å². The van der Waals surface area contributed by atoms with Gasteiger partial charge in [0.2, 0.25) is 0 Å². The molecule has 1 atom stereocenters. The van der Waals surface area contributed by atoms with Gasteiger partial charge in [-0.2, -0.15) is 8.78 Å². The van der Waals surface area contributed by atoms with Gasteiger partial charge in [-0.1, -0.05) is 12.1 Å². The summed E-state index contributed by atoms with van der Waals surface area (Å²) in [5.41, 5.74) is 0.687. The first kappa shape index (κ1) is 16.6. The quantitative estimate of drug-likeness (QED) is 0.863. The molecule has 1 aliphatic rings. The lowest BCUT2D eigenvalue weighted by atomic mass is 10.1. The van der Waals surface area contributed by atoms with Crippen molar-refractivity contribution in [2.75, 3.05) is 18.1 Å². The first-order valence-corrected chi connectivity index (χ1v) is 8.30. The van der Waals surface area contributed by atoms with Crippen LogP contribution < -0.4 is 4.74 Å². The molecule has 1 aromatic carbocycles. The highest BCUT2D eigenvalue weighted by molar-refractivity contribution is 7.91. The Morgan fingerprint density at radius 1 is 1.36 bits per heavy atom. The summed E-state index contributed by atoms with van der Waals surface area (Å²) < 4.78 is 51.4. The van der Waals surface area contributed by atoms with Crippen molar-refractivity contribution in [1.82, 2.24) is 4.90 Å². The first-order valence-electron chi connectivity index (χ1n) is 6.48. The van der Waals surface area contributed by atoms with Crippen molar-refractivity contribution < 1.29 is 31.8 Å². The Bertz CT molecular complexity index is 632. The number of nitrogens with zero attached hydrogens (tertiary/aromatic N) is 1. The highest BCUT2D eigenvalue weighted by Gasteiger charge is 2.35. The lowest BCUT2D eigenvalue weighted by Gasteiger charge is -2.32. The summed E-state index contributed by atoms with van der Waals surface area (Å²) in [6.45, 7) is -2.56. The third kappa shape index (κ3) is 4.38. The minimum Gasteiger partial charge on any atom is -0.480 e. The number of carboxylic acid groups (broad SMARTS) is 1. The van der Waals surface area contributed by atoms with Gasteiger partial charge in [-0.25, -0.2) is 8.42 Å². The Morgan fingerprint density at radius 2 is 2.00 bits per heavy atom. The third-order valence-electron chi connectivity index (χ3n) is 3.36. The molecule has 0 saturated carbocycles. The molecule has 0 spiro atoms. The molecule has 22 heavy (non-hydrogen) atoms. The van der Waals surface area contributed by atoms with Gasteiger partial charge in [-0.3, -0.25) is 9.69 Å². The van der Waals surface area contributed by atoms with Crippen LogP contribution in [0, 0.1) is 0 Å². The van der Waals surface area contributed by atoms with E-state index in [1.807, 2.05) is 0 Å². The predicted octanol–water partition coefficient (Wildman–Crippen LogP) is 0.972. The number of sulfone groups is 1. The summed E-state index contributed by atoms with van der Waals surface area (Å²) >= 11 is 0. The van der Waals surface area contributed by atoms with Gasteiger partial charge in [0, 0.05) is 13.1 Å². The molecule has 1 unspecified atom stereocenters. The molecule has 0 radical (unpaired) electrons. The maximum atomic E-state index is 12.1. The van der Waals surface area contributed by atoms with E-state index in [1.54, 1.807) is 17.0 Å². The number of halogens is 2. The molecule has 9 heteroatoms. The number of alkyl halides is 2. The van der Waals surface area contributed by atoms with Crippen molar-refractivity contribution in [1.29, 1.82) is 0 Å². The van der Waals surface area contributed by atoms with Crippen LogP contribution in [0.3, 0.4) is 0 Å². The van der Waals surface area contributed by atoms with Crippen LogP contribution in [0.5, 0.6) is 5.75 Å². The van der Waals surface area contributed by atoms with Gasteiger partial charge in [0.15, 0.2) is 9.84 Å². The van der Waals surface area contributed by atoms with Crippen molar-refractivity contribution in [2.24, 2.45) is 0 Å². The molecule has 1 aliphatic heterocycles. The third-order valence-corrected chi connectivity index (χ3v) is 4.99. The molecule has 1 N–H and O–H groups in total. The maximum absolute atomic E-state index is 12.1. The van der Waals surface area contributed by atoms with Gasteiger partial charge < -0.3 is 9.84 Å². The molecule has 2 rings (SSSR count). The summed E-state index contributed by atoms with van der Waals surface area (Å²) in [4.78, 5) is 12.8. The van der Waals surface area contributed by atoms with Crippen LogP contribution in [-0.2, 0) is 21.2 Å². The number of aliphatic carboxylic acids is 1. The largest absolute Gasteiger partial charge is 0.480 e. The van der Waals surface area contributed by atoms with Gasteiger partial charge in [0.1, 0.15) is 11.8 Å². The molecule has 1 saturated heterocycles. The van der Waals surface area contributed by atoms with Crippen LogP contribution in [0.4, 0.5) is 8.78 Å². The van der Waals surface area contributed by atoms with Crippen LogP contribution in [-0.4, -0.2) is 55.1 Å². The van der Waals surface area contributed by atoms with E-state index in [2.05, 4.69) is 4.74 Å². The smallest absolute Gasteiger partial charge is 0.387 e. The van der Waals surface area contributed by atoms with Gasteiger partial charge in [-0.15, -0.1) is 0 Å². The fraction of sp³-hybridized carbons (Fsp3) is 0.462. The van der Waals surface area contributed by atoms with E-state index < -0.39 is 34.2 Å². The average molecular weight is 335 g/mol. The minimum atomic E-state index is -3.35. The van der Waals surface area contributed by atoms with Crippen molar-refractivity contribution >= 4 is 15.8 Å². The fourth-order valence-corrected chi connectivity index (χ4v) is 3.78. The molecule has 0 bridgehead atoms. The molecule has 1 heterocycles. The summed E-state index contributed by atoms with van der Waals surface area (Å²) in [7, 11) is -3.35. The topological polar surface area (TPSA) is 83.9 Å². The number of rotatable bonds is 5. The Hall–Kier alpha value is -1.74. The Morgan fingerprint density at radius 3 is 2.55 bits per heavy atom. The Balaban J connectivity index is 2.07. The fourth-order valence-electron chi connectivity index (χ4n) is 2.27. The molecule has 0 aromatic heterocycles. The molecule has 6 nitrogen and oxygen atoms in total. The standard InChI is InChI=1S/C13H15F2NO5S/c14-13(15)21-10-3-1-9(2-4-10)7-16-5-6-22(19,20)8-11(16)12(17)18/h1-4,11,13H,5-8H2,(H,17,18). The second-order valence-electron chi connectivity index (χ2n) is 4.96. The van der Waals surface area contributed by atoms with E-state index >= 15 is 0 Å². The highest BCUT2D eigenvalue weighted by atomic mass is 32.2. The molecule has 122 valence electrons. The monoisotopic (exact) mass is 335 g/mol. The molecule has 1 aromatic rings. The zero-order valence-electron chi connectivity index (χ0n) is 11.5. The van der Waals surface area contributed by atoms with Gasteiger partial charge >= 0.3 is 12.6 Å². The van der Waals surface area contributed by atoms with Crippen LogP contribution in [0.25, 0.3) is 0 Å². The number of ether oxygens (including phenoxy) is 1. The normalized spacial score (nSPS) is 21.7. The van der Waals surface area contributed by atoms with E-state index in [-0.39, 0.29) is 24.6 Å². The average Bonchev–Trinajstić information content (AvgIpc) is 2.42. The van der Waals surface area contributed by atoms with E-state index in [0.717, 1.165) is 0 Å². The minimum absolute atomic E-state index is 0.00903. The maximum Gasteiger partial charge on any atom is 0.387 e. The van der Waals surface area contributed by atoms with Gasteiger partial charge in [-0.05, 0) is 17.7 Å². The van der Waals surface area contributed by atoms with Crippen LogP contribution in [0.2, 0.25) is 0 Å². The predicted molar refractivity (Wildman–Crippen MR) is 73.6 cm³/mol. The van der Waals surface area contributed by atoms with Crippen molar-refractivity contribution in [3.63, 3.8) is 0 Å². The van der Waals surface area contributed by atoms with Crippen LogP contribution in [0.1, 0.15) is 5.56 Å². The van der Waals surface area contributed by atoms with Crippen LogP contribution in [0.15, 0.2) is 24.3 Å². The highest BCUT2D eigenvalue weighted by Crippen LogP contribution is 2.19. The number of hydrogen-bond donors (Lipinski definition) is 1. The molecule has 0 amide bonds. The van der Waals surface area contributed by atoms with Gasteiger partial charge in [0.05, 0.1) is 11.5 Å². The van der Waals surface area contributed by atoms with Crippen molar-refractivity contribution in [3.05, 3.63) is 29.8 Å². The second kappa shape index (κ2) is 6.57. The summed E-state index contributed by atoms with van der Waals surface area (Å²) in [6.07, 6.45) is 0. The number of carbonyl (C=O) groups is 1. The zero-order chi connectivity index (χ0) is 16.3. The lowest BCUT2D eigenvalue weighted by molar-refractivity contribution is -0.142. The Kier molecular flexibility index (Phi) is 4.97. The molecular formula is C13H15F2NO5S. The number of hydrogen-bond acceptors (Lipinski definition) is 5. The second-order valence-corrected chi connectivity index (χ2v) is 7.19. The molecular weight excluding hydrogens is 320 g/mol. The van der Waals surface area contributed by atoms with E-state index in [9.17, 15) is 22.0 Å². The first-order chi connectivity index (χ1) is 10.3. The van der Waals surface area contributed by atoms with Crippen molar-refractivity contribution in [2.45, 2.75) is 19.2 Å². The summed E-state index contributed by atoms with van der Waals surface area (Å²) in [6, 6.07) is 4.70. The van der Waals surface area contributed by atoms with E-state index in [0.29, 0.717) is 5.56 Å². The van der Waals surface area contributed by atoms with E-state index in [4.69, 9.17) is 5.11 Å². The summed E-state index contributed by atoms with van der Waals surface area (Å²) in [5.74, 6) is -1.70.